The minimum Gasteiger partial charge on any atom is -0.335 e. The molecule has 4 rings (SSSR count). The number of nitrogens with one attached hydrogen (secondary N) is 1. The number of carbonyl (C=O) groups is 3. The number of halogens is 2. The van der Waals surface area contributed by atoms with Crippen molar-refractivity contribution >= 4 is 40.8 Å². The van der Waals surface area contributed by atoms with Crippen LogP contribution in [0.5, 0.6) is 0 Å². The van der Waals surface area contributed by atoms with E-state index in [0.717, 1.165) is 6.07 Å². The number of anilines is 1. The van der Waals surface area contributed by atoms with Crippen LogP contribution in [0, 0.1) is 5.82 Å². The van der Waals surface area contributed by atoms with Crippen LogP contribution in [0.3, 0.4) is 0 Å². The van der Waals surface area contributed by atoms with Crippen molar-refractivity contribution in [3.8, 4) is 0 Å². The number of nitrogens with zero attached hydrogens (tertiary/aromatic N) is 4. The molecule has 166 valence electrons. The van der Waals surface area contributed by atoms with Gasteiger partial charge in [0.1, 0.15) is 11.9 Å². The first-order valence-corrected chi connectivity index (χ1v) is 10.5. The van der Waals surface area contributed by atoms with Crippen molar-refractivity contribution in [1.29, 1.82) is 0 Å². The standard InChI is InChI=1S/C22H21ClFN5O3/c1-14-20(30)29(16-5-3-2-4-6-16)26-19(25-14)22(32)28-11-9-27(10-12-28)21(31)17-8-7-15(24)13-18(17)23/h2-8,13-14H,9-12H2,1H3,(H,25,26). The van der Waals surface area contributed by atoms with E-state index in [1.54, 1.807) is 41.0 Å². The zero-order valence-corrected chi connectivity index (χ0v) is 18.1. The largest absolute Gasteiger partial charge is 0.335 e. The van der Waals surface area contributed by atoms with E-state index in [1.807, 2.05) is 6.07 Å². The van der Waals surface area contributed by atoms with E-state index in [-0.39, 0.29) is 47.2 Å². The summed E-state index contributed by atoms with van der Waals surface area (Å²) in [5, 5.41) is 1.37. The Kier molecular flexibility index (Phi) is 6.09. The van der Waals surface area contributed by atoms with Gasteiger partial charge in [-0.3, -0.25) is 19.8 Å². The van der Waals surface area contributed by atoms with Crippen LogP contribution in [-0.2, 0) is 9.59 Å². The van der Waals surface area contributed by atoms with Gasteiger partial charge in [-0.1, -0.05) is 29.8 Å². The number of hydrogen-bond donors (Lipinski definition) is 1. The third-order valence-electron chi connectivity index (χ3n) is 5.35. The molecule has 0 bridgehead atoms. The zero-order valence-electron chi connectivity index (χ0n) is 17.3. The van der Waals surface area contributed by atoms with Crippen LogP contribution in [0.15, 0.2) is 53.5 Å². The number of hydrogen-bond acceptors (Lipinski definition) is 5. The molecule has 0 aliphatic carbocycles. The van der Waals surface area contributed by atoms with E-state index in [9.17, 15) is 18.8 Å². The molecule has 0 radical (unpaired) electrons. The summed E-state index contributed by atoms with van der Waals surface area (Å²) in [6.07, 6.45) is 0. The number of amides is 3. The van der Waals surface area contributed by atoms with Crippen molar-refractivity contribution in [2.75, 3.05) is 31.2 Å². The van der Waals surface area contributed by atoms with Crippen molar-refractivity contribution in [2.24, 2.45) is 4.99 Å². The van der Waals surface area contributed by atoms with E-state index in [4.69, 9.17) is 11.6 Å². The Hall–Kier alpha value is -3.46. The second kappa shape index (κ2) is 8.96. The predicted molar refractivity (Wildman–Crippen MR) is 118 cm³/mol. The summed E-state index contributed by atoms with van der Waals surface area (Å²) in [5.74, 6) is -1.37. The molecule has 0 spiro atoms. The van der Waals surface area contributed by atoms with Gasteiger partial charge in [-0.05, 0) is 37.3 Å². The Bertz CT molecular complexity index is 1090. The molecule has 32 heavy (non-hydrogen) atoms. The van der Waals surface area contributed by atoms with Gasteiger partial charge < -0.3 is 9.80 Å². The number of carbonyl (C=O) groups excluding carboxylic acids is 3. The van der Waals surface area contributed by atoms with Gasteiger partial charge in [0, 0.05) is 26.2 Å². The minimum absolute atomic E-state index is 0.0499. The Morgan fingerprint density at radius 3 is 2.28 bits per heavy atom. The molecule has 2 aliphatic rings. The van der Waals surface area contributed by atoms with Gasteiger partial charge in [0.2, 0.25) is 5.84 Å². The maximum absolute atomic E-state index is 13.3. The van der Waals surface area contributed by atoms with E-state index < -0.39 is 11.9 Å². The van der Waals surface area contributed by atoms with E-state index in [2.05, 4.69) is 10.4 Å². The van der Waals surface area contributed by atoms with Crippen LogP contribution >= 0.6 is 11.6 Å². The number of para-hydroxylation sites is 1. The second-order valence-electron chi connectivity index (χ2n) is 7.48. The number of benzene rings is 2. The molecule has 2 heterocycles. The molecule has 10 heteroatoms. The molecule has 3 amide bonds. The Morgan fingerprint density at radius 1 is 1.03 bits per heavy atom. The third-order valence-corrected chi connectivity index (χ3v) is 5.66. The third kappa shape index (κ3) is 4.29. The molecule has 0 saturated carbocycles. The molecule has 1 unspecified atom stereocenters. The highest BCUT2D eigenvalue weighted by Gasteiger charge is 2.34. The highest BCUT2D eigenvalue weighted by Crippen LogP contribution is 2.20. The van der Waals surface area contributed by atoms with E-state index in [0.29, 0.717) is 18.8 Å². The fourth-order valence-electron chi connectivity index (χ4n) is 3.59. The van der Waals surface area contributed by atoms with E-state index >= 15 is 0 Å². The molecule has 1 saturated heterocycles. The van der Waals surface area contributed by atoms with Gasteiger partial charge >= 0.3 is 0 Å². The Morgan fingerprint density at radius 2 is 1.66 bits per heavy atom. The Labute approximate surface area is 189 Å². The summed E-state index contributed by atoms with van der Waals surface area (Å²) in [6.45, 7) is 2.80. The molecule has 1 atom stereocenters. The average Bonchev–Trinajstić information content (AvgIpc) is 2.80. The molecule has 1 fully saturated rings. The second-order valence-corrected chi connectivity index (χ2v) is 7.89. The maximum atomic E-state index is 13.3. The van der Waals surface area contributed by atoms with Crippen molar-refractivity contribution in [1.82, 2.24) is 15.2 Å². The minimum atomic E-state index is -0.709. The lowest BCUT2D eigenvalue weighted by molar-refractivity contribution is -0.126. The summed E-state index contributed by atoms with van der Waals surface area (Å²) >= 11 is 6.01. The molecule has 2 aromatic rings. The summed E-state index contributed by atoms with van der Waals surface area (Å²) in [5.41, 5.74) is 3.66. The predicted octanol–water partition coefficient (Wildman–Crippen LogP) is 2.10. The van der Waals surface area contributed by atoms with Crippen LogP contribution in [-0.4, -0.2) is 65.6 Å². The molecule has 1 N–H and O–H groups in total. The van der Waals surface area contributed by atoms with Gasteiger partial charge in [-0.15, -0.1) is 0 Å². The molecule has 2 aliphatic heterocycles. The van der Waals surface area contributed by atoms with Crippen LogP contribution in [0.25, 0.3) is 0 Å². The quantitative estimate of drug-likeness (QED) is 0.765. The first kappa shape index (κ1) is 21.8. The number of amidine groups is 1. The fraction of sp³-hybridized carbons (Fsp3) is 0.273. The van der Waals surface area contributed by atoms with Gasteiger partial charge in [0.05, 0.1) is 16.3 Å². The van der Waals surface area contributed by atoms with Crippen molar-refractivity contribution in [3.05, 3.63) is 64.9 Å². The highest BCUT2D eigenvalue weighted by atomic mass is 35.5. The van der Waals surface area contributed by atoms with Gasteiger partial charge in [-0.2, -0.15) is 0 Å². The van der Waals surface area contributed by atoms with Gasteiger partial charge in [0.15, 0.2) is 0 Å². The maximum Gasteiger partial charge on any atom is 0.290 e. The van der Waals surface area contributed by atoms with Crippen molar-refractivity contribution < 1.29 is 18.8 Å². The lowest BCUT2D eigenvalue weighted by Gasteiger charge is -2.37. The van der Waals surface area contributed by atoms with Crippen molar-refractivity contribution in [3.63, 3.8) is 0 Å². The molecule has 2 aromatic carbocycles. The fourth-order valence-corrected chi connectivity index (χ4v) is 3.84. The van der Waals surface area contributed by atoms with Crippen LogP contribution in [0.2, 0.25) is 5.02 Å². The smallest absolute Gasteiger partial charge is 0.290 e. The zero-order chi connectivity index (χ0) is 22.8. The van der Waals surface area contributed by atoms with E-state index in [1.165, 1.54) is 17.1 Å². The first-order chi connectivity index (χ1) is 15.3. The number of aliphatic imine (C=N–C) groups is 1. The van der Waals surface area contributed by atoms with Crippen LogP contribution < -0.4 is 10.4 Å². The Balaban J connectivity index is 1.42. The van der Waals surface area contributed by atoms with Crippen LogP contribution in [0.1, 0.15) is 17.3 Å². The lowest BCUT2D eigenvalue weighted by Crippen LogP contribution is -2.60. The van der Waals surface area contributed by atoms with Crippen molar-refractivity contribution in [2.45, 2.75) is 13.0 Å². The van der Waals surface area contributed by atoms with Gasteiger partial charge in [0.25, 0.3) is 17.7 Å². The average molecular weight is 458 g/mol. The number of rotatable bonds is 3. The number of hydrazine groups is 1. The molecule has 8 nitrogen and oxygen atoms in total. The number of piperazine rings is 1. The van der Waals surface area contributed by atoms with Crippen LogP contribution in [0.4, 0.5) is 10.1 Å². The summed E-state index contributed by atoms with van der Waals surface area (Å²) in [7, 11) is 0. The summed E-state index contributed by atoms with van der Waals surface area (Å²) < 4.78 is 13.3. The monoisotopic (exact) mass is 457 g/mol. The highest BCUT2D eigenvalue weighted by molar-refractivity contribution is 6.39. The first-order valence-electron chi connectivity index (χ1n) is 10.1. The molecular formula is C22H21ClFN5O3. The molecule has 0 aromatic heterocycles. The van der Waals surface area contributed by atoms with Gasteiger partial charge in [-0.25, -0.2) is 14.4 Å². The SMILES string of the molecule is CC1N=C(C(=O)N2CCN(C(=O)c3ccc(F)cc3Cl)CC2)NN(c2ccccc2)C1=O. The molecular weight excluding hydrogens is 437 g/mol. The topological polar surface area (TPSA) is 85.3 Å². The lowest BCUT2D eigenvalue weighted by atomic mass is 10.1. The summed E-state index contributed by atoms with van der Waals surface area (Å²) in [6, 6.07) is 11.9. The normalized spacial score (nSPS) is 18.8. The summed E-state index contributed by atoms with van der Waals surface area (Å²) in [4.78, 5) is 45.7.